The molecule has 0 N–H and O–H groups in total. The lowest BCUT2D eigenvalue weighted by molar-refractivity contribution is 0.261. The van der Waals surface area contributed by atoms with Crippen LogP contribution in [0.1, 0.15) is 18.4 Å². The molecule has 0 saturated carbocycles. The molecule has 1 aromatic heterocycles. The van der Waals surface area contributed by atoms with E-state index < -0.39 is 0 Å². The molecule has 0 radical (unpaired) electrons. The van der Waals surface area contributed by atoms with Gasteiger partial charge in [-0.3, -0.25) is 0 Å². The molecule has 0 amide bonds. The zero-order valence-corrected chi connectivity index (χ0v) is 12.3. The Morgan fingerprint density at radius 2 is 1.91 bits per heavy atom. The molecule has 0 aliphatic heterocycles. The van der Waals surface area contributed by atoms with Crippen molar-refractivity contribution in [2.75, 3.05) is 6.61 Å². The molecule has 4 nitrogen and oxygen atoms in total. The summed E-state index contributed by atoms with van der Waals surface area (Å²) in [5.74, 6) is 1.06. The molecule has 22 heavy (non-hydrogen) atoms. The third kappa shape index (κ3) is 3.95. The third-order valence-electron chi connectivity index (χ3n) is 3.38. The maximum Gasteiger partial charge on any atom is 0.276 e. The maximum absolute atomic E-state index is 5.80. The van der Waals surface area contributed by atoms with E-state index >= 15 is 0 Å². The van der Waals surface area contributed by atoms with E-state index in [0.29, 0.717) is 24.8 Å². The van der Waals surface area contributed by atoms with E-state index in [2.05, 4.69) is 28.4 Å². The van der Waals surface area contributed by atoms with Gasteiger partial charge in [-0.2, -0.15) is 5.10 Å². The Morgan fingerprint density at radius 3 is 2.73 bits per heavy atom. The fourth-order valence-electron chi connectivity index (χ4n) is 2.19. The summed E-state index contributed by atoms with van der Waals surface area (Å²) in [5.41, 5.74) is 2.35. The van der Waals surface area contributed by atoms with Crippen LogP contribution in [0, 0.1) is 0 Å². The lowest BCUT2D eigenvalue weighted by Gasteiger charge is -2.13. The van der Waals surface area contributed by atoms with Crippen LogP contribution >= 0.6 is 0 Å². The smallest absolute Gasteiger partial charge is 0.276 e. The second-order valence-corrected chi connectivity index (χ2v) is 5.06. The molecule has 1 aliphatic carbocycles. The topological polar surface area (TPSA) is 44.2 Å². The monoisotopic (exact) mass is 294 g/mol. The van der Waals surface area contributed by atoms with Crippen molar-refractivity contribution in [3.05, 3.63) is 72.0 Å². The molecule has 0 atom stereocenters. The number of benzene rings is 1. The van der Waals surface area contributed by atoms with Crippen LogP contribution in [0.25, 0.3) is 0 Å². The lowest BCUT2D eigenvalue weighted by Crippen LogP contribution is -2.06. The first-order valence-corrected chi connectivity index (χ1v) is 7.37. The Hall–Kier alpha value is -2.62. The molecule has 4 heteroatoms. The van der Waals surface area contributed by atoms with E-state index in [-0.39, 0.29) is 0 Å². The van der Waals surface area contributed by atoms with Crippen LogP contribution in [-0.2, 0) is 6.61 Å². The van der Waals surface area contributed by atoms with Gasteiger partial charge in [-0.25, -0.2) is 0 Å². The van der Waals surface area contributed by atoms with Crippen molar-refractivity contribution >= 4 is 0 Å². The number of ether oxygens (including phenoxy) is 2. The van der Waals surface area contributed by atoms with E-state index in [0.717, 1.165) is 18.4 Å². The van der Waals surface area contributed by atoms with Crippen LogP contribution in [0.2, 0.25) is 0 Å². The van der Waals surface area contributed by atoms with Gasteiger partial charge in [0.25, 0.3) is 5.88 Å². The highest BCUT2D eigenvalue weighted by molar-refractivity contribution is 5.32. The zero-order chi connectivity index (χ0) is 15.0. The summed E-state index contributed by atoms with van der Waals surface area (Å²) in [7, 11) is 0. The number of aromatic nitrogens is 2. The molecule has 2 aromatic rings. The minimum Gasteiger partial charge on any atom is -0.483 e. The fraction of sp³-hybridized carbons (Fsp3) is 0.222. The van der Waals surface area contributed by atoms with Gasteiger partial charge in [0.15, 0.2) is 5.75 Å². The molecular weight excluding hydrogens is 276 g/mol. The number of nitrogens with zero attached hydrogens (tertiary/aromatic N) is 2. The predicted molar refractivity (Wildman–Crippen MR) is 84.8 cm³/mol. The first kappa shape index (κ1) is 14.3. The number of hydrogen-bond donors (Lipinski definition) is 0. The third-order valence-corrected chi connectivity index (χ3v) is 3.38. The summed E-state index contributed by atoms with van der Waals surface area (Å²) >= 11 is 0. The van der Waals surface area contributed by atoms with Crippen LogP contribution in [0.5, 0.6) is 11.6 Å². The van der Waals surface area contributed by atoms with Crippen LogP contribution in [0.15, 0.2) is 66.4 Å². The normalized spacial score (nSPS) is 13.5. The van der Waals surface area contributed by atoms with Crippen molar-refractivity contribution in [1.29, 1.82) is 0 Å². The highest BCUT2D eigenvalue weighted by Gasteiger charge is 2.09. The van der Waals surface area contributed by atoms with Crippen LogP contribution in [0.3, 0.4) is 0 Å². The molecule has 0 saturated heterocycles. The van der Waals surface area contributed by atoms with Gasteiger partial charge < -0.3 is 9.47 Å². The minimum absolute atomic E-state index is 0.439. The number of hydrogen-bond acceptors (Lipinski definition) is 4. The molecular formula is C18H18N2O2. The average Bonchev–Trinajstić information content (AvgIpc) is 2.61. The van der Waals surface area contributed by atoms with Crippen molar-refractivity contribution < 1.29 is 9.47 Å². The summed E-state index contributed by atoms with van der Waals surface area (Å²) in [6.45, 7) is 0.999. The number of allylic oxidation sites excluding steroid dienone is 3. The second-order valence-electron chi connectivity index (χ2n) is 5.06. The van der Waals surface area contributed by atoms with Crippen molar-refractivity contribution in [3.63, 3.8) is 0 Å². The first-order chi connectivity index (χ1) is 10.9. The van der Waals surface area contributed by atoms with Gasteiger partial charge in [-0.15, -0.1) is 5.10 Å². The van der Waals surface area contributed by atoms with E-state index in [1.165, 1.54) is 5.57 Å². The molecule has 112 valence electrons. The van der Waals surface area contributed by atoms with E-state index in [1.807, 2.05) is 30.3 Å². The van der Waals surface area contributed by atoms with Gasteiger partial charge in [0, 0.05) is 6.07 Å². The summed E-state index contributed by atoms with van der Waals surface area (Å²) in [6, 6.07) is 11.8. The SMILES string of the molecule is C1=CCCC(COc2nnccc2OCc2ccccc2)=C1. The highest BCUT2D eigenvalue weighted by atomic mass is 16.5. The Balaban J connectivity index is 1.62. The van der Waals surface area contributed by atoms with Crippen molar-refractivity contribution in [2.24, 2.45) is 0 Å². The first-order valence-electron chi connectivity index (χ1n) is 7.37. The van der Waals surface area contributed by atoms with Crippen LogP contribution in [-0.4, -0.2) is 16.8 Å². The fourth-order valence-corrected chi connectivity index (χ4v) is 2.19. The van der Waals surface area contributed by atoms with Crippen molar-refractivity contribution in [2.45, 2.75) is 19.4 Å². The Labute approximate surface area is 130 Å². The summed E-state index contributed by atoms with van der Waals surface area (Å²) in [6.07, 6.45) is 10.00. The largest absolute Gasteiger partial charge is 0.483 e. The summed E-state index contributed by atoms with van der Waals surface area (Å²) in [5, 5.41) is 7.91. The molecule has 0 unspecified atom stereocenters. The average molecular weight is 294 g/mol. The van der Waals surface area contributed by atoms with E-state index in [4.69, 9.17) is 9.47 Å². The maximum atomic E-state index is 5.80. The molecule has 0 fully saturated rings. The van der Waals surface area contributed by atoms with Crippen molar-refractivity contribution in [1.82, 2.24) is 10.2 Å². The molecule has 1 heterocycles. The molecule has 1 aliphatic rings. The van der Waals surface area contributed by atoms with Crippen LogP contribution < -0.4 is 9.47 Å². The van der Waals surface area contributed by atoms with Gasteiger partial charge >= 0.3 is 0 Å². The van der Waals surface area contributed by atoms with Gasteiger partial charge in [0.2, 0.25) is 0 Å². The highest BCUT2D eigenvalue weighted by Crippen LogP contribution is 2.25. The minimum atomic E-state index is 0.439. The molecule has 3 rings (SSSR count). The van der Waals surface area contributed by atoms with E-state index in [9.17, 15) is 0 Å². The second kappa shape index (κ2) is 7.41. The summed E-state index contributed by atoms with van der Waals surface area (Å²) < 4.78 is 11.6. The Morgan fingerprint density at radius 1 is 1.00 bits per heavy atom. The Kier molecular flexibility index (Phi) is 4.82. The molecule has 1 aromatic carbocycles. The number of rotatable bonds is 6. The van der Waals surface area contributed by atoms with Gasteiger partial charge in [-0.05, 0) is 24.0 Å². The predicted octanol–water partition coefficient (Wildman–Crippen LogP) is 3.71. The van der Waals surface area contributed by atoms with Gasteiger partial charge in [0.1, 0.15) is 13.2 Å². The molecule has 0 spiro atoms. The quantitative estimate of drug-likeness (QED) is 0.814. The standard InChI is InChI=1S/C18H18N2O2/c1-3-7-15(8-4-1)13-21-17-11-12-19-20-18(17)22-14-16-9-5-2-6-10-16/h1-5,7-9,11-12H,6,10,13-14H2. The van der Waals surface area contributed by atoms with E-state index in [1.54, 1.807) is 12.3 Å². The lowest BCUT2D eigenvalue weighted by atomic mass is 10.1. The Bertz CT molecular complexity index is 666. The zero-order valence-electron chi connectivity index (χ0n) is 12.3. The molecule has 0 bridgehead atoms. The van der Waals surface area contributed by atoms with Crippen molar-refractivity contribution in [3.8, 4) is 11.6 Å². The van der Waals surface area contributed by atoms with Crippen LogP contribution in [0.4, 0.5) is 0 Å². The van der Waals surface area contributed by atoms with Gasteiger partial charge in [0.05, 0.1) is 6.20 Å². The van der Waals surface area contributed by atoms with Gasteiger partial charge in [-0.1, -0.05) is 48.6 Å². The summed E-state index contributed by atoms with van der Waals surface area (Å²) in [4.78, 5) is 0.